The van der Waals surface area contributed by atoms with E-state index in [-0.39, 0.29) is 42.3 Å². The third-order valence-corrected chi connectivity index (χ3v) is 8.55. The number of halogens is 1. The first-order chi connectivity index (χ1) is 17.2. The molecular weight excluding hydrogens is 469 g/mol. The maximum atomic E-state index is 13.0. The maximum Gasteiger partial charge on any atom is 0.308 e. The molecule has 0 radical (unpaired) electrons. The van der Waals surface area contributed by atoms with Gasteiger partial charge in [0.25, 0.3) is 0 Å². The van der Waals surface area contributed by atoms with E-state index < -0.39 is 29.9 Å². The number of rotatable bonds is 7. The molecule has 1 spiro atoms. The van der Waals surface area contributed by atoms with Crippen LogP contribution in [0.1, 0.15) is 64.9 Å². The Bertz CT molecular complexity index is 973. The van der Waals surface area contributed by atoms with Gasteiger partial charge in [-0.2, -0.15) is 0 Å². The van der Waals surface area contributed by atoms with E-state index in [2.05, 4.69) is 12.2 Å². The first-order valence-electron chi connectivity index (χ1n) is 13.1. The minimum Gasteiger partial charge on any atom is -0.435 e. The van der Waals surface area contributed by atoms with Gasteiger partial charge in [0, 0.05) is 31.2 Å². The van der Waals surface area contributed by atoms with Crippen LogP contribution in [-0.2, 0) is 40.0 Å². The first kappa shape index (κ1) is 25.6. The normalized spacial score (nSPS) is 39.1. The predicted molar refractivity (Wildman–Crippen MR) is 125 cm³/mol. The molecule has 5 aliphatic rings. The molecule has 8 nitrogen and oxygen atoms in total. The van der Waals surface area contributed by atoms with Crippen LogP contribution < -0.4 is 5.32 Å². The molecule has 8 atom stereocenters. The largest absolute Gasteiger partial charge is 0.435 e. The standard InChI is InChI=1S/C27H36FNO7/c1-16-4-9-21-17(2)24(33-25-27(21)20(16)12-14-26(3,34-25)35-36-27)32-23(31)11-10-22(30)29-15-13-18-5-7-19(28)8-6-18/h5-8,16-17,20-21,24-25H,4,9-15H2,1-3H3,(H,29,30)/t16-,17-,20+,21-,24+,25-,26-,27-/m1/s1. The third kappa shape index (κ3) is 4.78. The van der Waals surface area contributed by atoms with Crippen LogP contribution in [0, 0.1) is 29.5 Å². The summed E-state index contributed by atoms with van der Waals surface area (Å²) in [5.41, 5.74) is 0.217. The molecule has 4 saturated heterocycles. The second-order valence-electron chi connectivity index (χ2n) is 11.0. The first-order valence-corrected chi connectivity index (χ1v) is 13.1. The molecule has 0 unspecified atom stereocenters. The van der Waals surface area contributed by atoms with Crippen LogP contribution in [0.25, 0.3) is 0 Å². The maximum absolute atomic E-state index is 13.0. The predicted octanol–water partition coefficient (Wildman–Crippen LogP) is 4.02. The van der Waals surface area contributed by atoms with Crippen molar-refractivity contribution in [3.63, 3.8) is 0 Å². The smallest absolute Gasteiger partial charge is 0.308 e. The highest BCUT2D eigenvalue weighted by molar-refractivity contribution is 5.81. The highest BCUT2D eigenvalue weighted by Crippen LogP contribution is 2.60. The van der Waals surface area contributed by atoms with Gasteiger partial charge >= 0.3 is 5.97 Å². The monoisotopic (exact) mass is 505 g/mol. The summed E-state index contributed by atoms with van der Waals surface area (Å²) in [6, 6.07) is 6.15. The van der Waals surface area contributed by atoms with Gasteiger partial charge in [0.05, 0.1) is 6.42 Å². The van der Waals surface area contributed by atoms with Crippen molar-refractivity contribution in [3.05, 3.63) is 35.6 Å². The van der Waals surface area contributed by atoms with Gasteiger partial charge < -0.3 is 19.5 Å². The number of ether oxygens (including phenoxy) is 3. The lowest BCUT2D eigenvalue weighted by Crippen LogP contribution is -2.70. The molecule has 5 fully saturated rings. The number of nitrogens with one attached hydrogen (secondary N) is 1. The number of benzene rings is 1. The average molecular weight is 506 g/mol. The van der Waals surface area contributed by atoms with Crippen LogP contribution in [0.4, 0.5) is 4.39 Å². The molecular formula is C27H36FNO7. The molecule has 1 aromatic rings. The topological polar surface area (TPSA) is 92.3 Å². The van der Waals surface area contributed by atoms with E-state index in [9.17, 15) is 14.0 Å². The van der Waals surface area contributed by atoms with Gasteiger partial charge in [-0.3, -0.25) is 9.59 Å². The Kier molecular flexibility index (Phi) is 7.11. The lowest BCUT2D eigenvalue weighted by Gasteiger charge is -2.59. The van der Waals surface area contributed by atoms with Crippen molar-refractivity contribution in [2.45, 2.75) is 89.7 Å². The van der Waals surface area contributed by atoms with Gasteiger partial charge in [-0.25, -0.2) is 14.2 Å². The molecule has 1 aromatic carbocycles. The zero-order valence-electron chi connectivity index (χ0n) is 21.2. The lowest BCUT2D eigenvalue weighted by molar-refractivity contribution is -0.576. The Morgan fingerprint density at radius 1 is 1.08 bits per heavy atom. The zero-order valence-corrected chi connectivity index (χ0v) is 21.2. The van der Waals surface area contributed by atoms with Gasteiger partial charge in [0.1, 0.15) is 5.82 Å². The van der Waals surface area contributed by atoms with Gasteiger partial charge in [0.2, 0.25) is 18.0 Å². The molecule has 1 amide bonds. The summed E-state index contributed by atoms with van der Waals surface area (Å²) in [7, 11) is 0. The minimum absolute atomic E-state index is 0.0191. The van der Waals surface area contributed by atoms with E-state index in [0.717, 1.165) is 24.8 Å². The van der Waals surface area contributed by atoms with E-state index in [1.54, 1.807) is 12.1 Å². The van der Waals surface area contributed by atoms with Gasteiger partial charge in [0.15, 0.2) is 11.9 Å². The molecule has 4 aliphatic heterocycles. The fraction of sp³-hybridized carbons (Fsp3) is 0.704. The highest BCUT2D eigenvalue weighted by Gasteiger charge is 2.69. The molecule has 36 heavy (non-hydrogen) atoms. The molecule has 9 heteroatoms. The summed E-state index contributed by atoms with van der Waals surface area (Å²) in [4.78, 5) is 36.8. The number of fused-ring (bicyclic) bond motifs is 2. The summed E-state index contributed by atoms with van der Waals surface area (Å²) in [5, 5.41) is 2.79. The van der Waals surface area contributed by atoms with Crippen LogP contribution in [0.2, 0.25) is 0 Å². The summed E-state index contributed by atoms with van der Waals surface area (Å²) >= 11 is 0. The number of carbonyl (C=O) groups excluding carboxylic acids is 2. The van der Waals surface area contributed by atoms with Gasteiger partial charge in [-0.15, -0.1) is 0 Å². The molecule has 1 saturated carbocycles. The van der Waals surface area contributed by atoms with E-state index in [1.165, 1.54) is 12.1 Å². The van der Waals surface area contributed by atoms with Crippen molar-refractivity contribution in [2.24, 2.45) is 23.7 Å². The summed E-state index contributed by atoms with van der Waals surface area (Å²) < 4.78 is 31.3. The number of carbonyl (C=O) groups is 2. The lowest BCUT2D eigenvalue weighted by atomic mass is 9.58. The Labute approximate surface area is 211 Å². The Morgan fingerprint density at radius 3 is 2.64 bits per heavy atom. The van der Waals surface area contributed by atoms with Gasteiger partial charge in [-0.05, 0) is 62.1 Å². The summed E-state index contributed by atoms with van der Waals surface area (Å²) in [6.45, 7) is 6.53. The van der Waals surface area contributed by atoms with Crippen molar-refractivity contribution in [2.75, 3.05) is 6.54 Å². The molecule has 198 valence electrons. The Morgan fingerprint density at radius 2 is 1.86 bits per heavy atom. The summed E-state index contributed by atoms with van der Waals surface area (Å²) in [5.74, 6) is -1.27. The van der Waals surface area contributed by atoms with Crippen LogP contribution in [0.5, 0.6) is 0 Å². The number of hydrogen-bond acceptors (Lipinski definition) is 7. The van der Waals surface area contributed by atoms with Crippen molar-refractivity contribution >= 4 is 11.9 Å². The summed E-state index contributed by atoms with van der Waals surface area (Å²) in [6.07, 6.45) is 2.71. The molecule has 6 rings (SSSR count). The van der Waals surface area contributed by atoms with Crippen LogP contribution in [-0.4, -0.2) is 42.4 Å². The van der Waals surface area contributed by atoms with Crippen molar-refractivity contribution in [1.82, 2.24) is 5.32 Å². The number of hydrogen-bond donors (Lipinski definition) is 1. The van der Waals surface area contributed by atoms with Crippen LogP contribution in [0.3, 0.4) is 0 Å². The van der Waals surface area contributed by atoms with Crippen LogP contribution in [0.15, 0.2) is 24.3 Å². The molecule has 1 aliphatic carbocycles. The minimum atomic E-state index is -0.890. The van der Waals surface area contributed by atoms with Crippen molar-refractivity contribution < 1.29 is 38.0 Å². The molecule has 0 aromatic heterocycles. The van der Waals surface area contributed by atoms with Crippen LogP contribution >= 0.6 is 0 Å². The molecule has 2 bridgehead atoms. The zero-order chi connectivity index (χ0) is 25.5. The van der Waals surface area contributed by atoms with E-state index in [1.807, 2.05) is 13.8 Å². The molecule has 4 heterocycles. The highest BCUT2D eigenvalue weighted by atomic mass is 19.1. The van der Waals surface area contributed by atoms with Gasteiger partial charge in [-0.1, -0.05) is 26.0 Å². The van der Waals surface area contributed by atoms with E-state index in [0.29, 0.717) is 25.3 Å². The van der Waals surface area contributed by atoms with E-state index >= 15 is 0 Å². The Balaban J connectivity index is 1.15. The second kappa shape index (κ2) is 10.0. The Hall–Kier alpha value is -2.07. The quantitative estimate of drug-likeness (QED) is 0.442. The fourth-order valence-corrected chi connectivity index (χ4v) is 6.50. The average Bonchev–Trinajstić information content (AvgIpc) is 3.08. The van der Waals surface area contributed by atoms with Crippen molar-refractivity contribution in [1.29, 1.82) is 0 Å². The van der Waals surface area contributed by atoms with Crippen molar-refractivity contribution in [3.8, 4) is 0 Å². The molecule has 1 N–H and O–H groups in total. The number of amides is 1. The van der Waals surface area contributed by atoms with E-state index in [4.69, 9.17) is 24.0 Å². The third-order valence-electron chi connectivity index (χ3n) is 8.55. The SMILES string of the molecule is C[C@H]1[C@@H](OC(=O)CCC(=O)NCCc2ccc(F)cc2)O[C@@H]2O[C@@]3(C)CC[C@H]4[C@H](C)CC[C@H]1[C@@]24OO3. The fourth-order valence-electron chi connectivity index (χ4n) is 6.50. The number of esters is 1. The second-order valence-corrected chi connectivity index (χ2v) is 11.0.